The van der Waals surface area contributed by atoms with Crippen molar-refractivity contribution < 1.29 is 28.6 Å². The second kappa shape index (κ2) is 54.5. The molecule has 380 valence electrons. The van der Waals surface area contributed by atoms with Gasteiger partial charge in [0.15, 0.2) is 6.10 Å². The van der Waals surface area contributed by atoms with E-state index in [2.05, 4.69) is 93.7 Å². The van der Waals surface area contributed by atoms with Crippen LogP contribution in [-0.2, 0) is 28.6 Å². The van der Waals surface area contributed by atoms with Gasteiger partial charge < -0.3 is 14.2 Å². The molecule has 0 bridgehead atoms. The van der Waals surface area contributed by atoms with Gasteiger partial charge in [0.2, 0.25) is 0 Å². The summed E-state index contributed by atoms with van der Waals surface area (Å²) in [6.07, 6.45) is 68.9. The summed E-state index contributed by atoms with van der Waals surface area (Å²) >= 11 is 0. The van der Waals surface area contributed by atoms with Crippen LogP contribution in [0.3, 0.4) is 0 Å². The lowest BCUT2D eigenvalue weighted by Gasteiger charge is -2.18. The summed E-state index contributed by atoms with van der Waals surface area (Å²) in [6.45, 7) is 6.50. The lowest BCUT2D eigenvalue weighted by Crippen LogP contribution is -2.30. The van der Waals surface area contributed by atoms with Crippen LogP contribution in [-0.4, -0.2) is 37.2 Å². The highest BCUT2D eigenvalue weighted by molar-refractivity contribution is 5.71. The van der Waals surface area contributed by atoms with Crippen molar-refractivity contribution in [2.24, 2.45) is 0 Å². The first-order valence-corrected chi connectivity index (χ1v) is 27.9. The molecule has 0 aromatic carbocycles. The van der Waals surface area contributed by atoms with Crippen molar-refractivity contribution >= 4 is 17.9 Å². The van der Waals surface area contributed by atoms with Gasteiger partial charge in [-0.3, -0.25) is 14.4 Å². The van der Waals surface area contributed by atoms with Crippen molar-refractivity contribution in [1.82, 2.24) is 0 Å². The van der Waals surface area contributed by atoms with Crippen LogP contribution in [0.4, 0.5) is 0 Å². The van der Waals surface area contributed by atoms with Crippen molar-refractivity contribution in [1.29, 1.82) is 0 Å². The standard InChI is InChI=1S/C60H104O6/c1-4-7-10-13-16-19-22-24-26-28-29-30-31-32-34-35-38-41-44-47-50-53-59(62)65-56-57(55-64-58(61)52-49-46-43-40-37-21-18-15-12-9-6-3)66-60(63)54-51-48-45-42-39-36-33-27-25-23-20-17-14-11-8-5-2/h7,10,16,19,24,26,29-30,32,34,38,41,57H,4-6,8-9,11-15,17-18,20-23,25,27-28,31,33,35-37,39-40,42-56H2,1-3H3/b10-7-,19-16-,26-24-,30-29-,34-32-,41-38-. The summed E-state index contributed by atoms with van der Waals surface area (Å²) in [4.78, 5) is 38.0. The Balaban J connectivity index is 4.40. The molecular weight excluding hydrogens is 817 g/mol. The third-order valence-electron chi connectivity index (χ3n) is 12.0. The van der Waals surface area contributed by atoms with Crippen LogP contribution in [0.25, 0.3) is 0 Å². The lowest BCUT2D eigenvalue weighted by molar-refractivity contribution is -0.167. The molecule has 0 N–H and O–H groups in total. The normalized spacial score (nSPS) is 12.6. The van der Waals surface area contributed by atoms with Crippen molar-refractivity contribution in [3.63, 3.8) is 0 Å². The Morgan fingerprint density at radius 1 is 0.318 bits per heavy atom. The van der Waals surface area contributed by atoms with Crippen LogP contribution < -0.4 is 0 Å². The number of rotatable bonds is 50. The van der Waals surface area contributed by atoms with Gasteiger partial charge in [0.25, 0.3) is 0 Å². The molecule has 0 aromatic rings. The molecule has 0 saturated carbocycles. The average molecular weight is 921 g/mol. The highest BCUT2D eigenvalue weighted by Crippen LogP contribution is 2.16. The van der Waals surface area contributed by atoms with Crippen LogP contribution in [0.15, 0.2) is 72.9 Å². The Bertz CT molecular complexity index is 1240. The molecule has 0 aliphatic rings. The Morgan fingerprint density at radius 3 is 0.924 bits per heavy atom. The minimum Gasteiger partial charge on any atom is -0.462 e. The Labute approximate surface area is 408 Å². The summed E-state index contributed by atoms with van der Waals surface area (Å²) in [6, 6.07) is 0. The largest absolute Gasteiger partial charge is 0.462 e. The maximum atomic E-state index is 12.8. The van der Waals surface area contributed by atoms with E-state index in [4.69, 9.17) is 14.2 Å². The minimum absolute atomic E-state index is 0.0858. The van der Waals surface area contributed by atoms with Gasteiger partial charge >= 0.3 is 17.9 Å². The molecule has 0 radical (unpaired) electrons. The third-order valence-corrected chi connectivity index (χ3v) is 12.0. The summed E-state index contributed by atoms with van der Waals surface area (Å²) in [7, 11) is 0. The summed E-state index contributed by atoms with van der Waals surface area (Å²) in [5.74, 6) is -0.923. The number of carbonyl (C=O) groups excluding carboxylic acids is 3. The van der Waals surface area contributed by atoms with E-state index in [0.29, 0.717) is 19.3 Å². The first-order valence-electron chi connectivity index (χ1n) is 27.9. The number of allylic oxidation sites excluding steroid dienone is 12. The maximum Gasteiger partial charge on any atom is 0.306 e. The zero-order chi connectivity index (χ0) is 47.9. The first-order chi connectivity index (χ1) is 32.5. The van der Waals surface area contributed by atoms with Crippen molar-refractivity contribution in [3.8, 4) is 0 Å². The fourth-order valence-corrected chi connectivity index (χ4v) is 7.80. The zero-order valence-corrected chi connectivity index (χ0v) is 43.4. The fraction of sp³-hybridized carbons (Fsp3) is 0.750. The molecule has 66 heavy (non-hydrogen) atoms. The average Bonchev–Trinajstić information content (AvgIpc) is 3.31. The van der Waals surface area contributed by atoms with Crippen molar-refractivity contribution in [2.75, 3.05) is 13.2 Å². The Hall–Kier alpha value is -3.15. The predicted octanol–water partition coefficient (Wildman–Crippen LogP) is 18.6. The van der Waals surface area contributed by atoms with Gasteiger partial charge in [-0.15, -0.1) is 0 Å². The van der Waals surface area contributed by atoms with Crippen molar-refractivity contribution in [3.05, 3.63) is 72.9 Å². The molecule has 0 amide bonds. The van der Waals surface area contributed by atoms with E-state index in [-0.39, 0.29) is 31.1 Å². The highest BCUT2D eigenvalue weighted by Gasteiger charge is 2.19. The van der Waals surface area contributed by atoms with Gasteiger partial charge in [0.1, 0.15) is 13.2 Å². The van der Waals surface area contributed by atoms with E-state index >= 15 is 0 Å². The molecule has 6 heteroatoms. The van der Waals surface area contributed by atoms with Crippen LogP contribution in [0.2, 0.25) is 0 Å². The first kappa shape index (κ1) is 62.8. The van der Waals surface area contributed by atoms with Crippen LogP contribution in [0.1, 0.15) is 271 Å². The summed E-state index contributed by atoms with van der Waals surface area (Å²) in [5.41, 5.74) is 0. The molecule has 0 spiro atoms. The van der Waals surface area contributed by atoms with Gasteiger partial charge in [-0.2, -0.15) is 0 Å². The third kappa shape index (κ3) is 51.8. The van der Waals surface area contributed by atoms with E-state index in [1.165, 1.54) is 135 Å². The molecule has 0 heterocycles. The van der Waals surface area contributed by atoms with Gasteiger partial charge in [-0.25, -0.2) is 0 Å². The van der Waals surface area contributed by atoms with E-state index in [0.717, 1.165) is 96.3 Å². The van der Waals surface area contributed by atoms with Crippen LogP contribution in [0.5, 0.6) is 0 Å². The monoisotopic (exact) mass is 921 g/mol. The minimum atomic E-state index is -0.789. The lowest BCUT2D eigenvalue weighted by atomic mass is 10.0. The molecule has 0 saturated heterocycles. The second-order valence-electron chi connectivity index (χ2n) is 18.5. The van der Waals surface area contributed by atoms with Gasteiger partial charge in [-0.1, -0.05) is 254 Å². The predicted molar refractivity (Wildman–Crippen MR) is 284 cm³/mol. The van der Waals surface area contributed by atoms with Gasteiger partial charge in [0.05, 0.1) is 0 Å². The number of ether oxygens (including phenoxy) is 3. The van der Waals surface area contributed by atoms with E-state index < -0.39 is 6.10 Å². The molecular formula is C60H104O6. The molecule has 0 rings (SSSR count). The van der Waals surface area contributed by atoms with Gasteiger partial charge in [-0.05, 0) is 70.6 Å². The van der Waals surface area contributed by atoms with E-state index in [1.54, 1.807) is 0 Å². The number of hydrogen-bond donors (Lipinski definition) is 0. The van der Waals surface area contributed by atoms with Crippen LogP contribution in [0, 0.1) is 0 Å². The summed E-state index contributed by atoms with van der Waals surface area (Å²) < 4.78 is 16.8. The van der Waals surface area contributed by atoms with Crippen molar-refractivity contribution in [2.45, 2.75) is 277 Å². The smallest absolute Gasteiger partial charge is 0.306 e. The van der Waals surface area contributed by atoms with E-state index in [9.17, 15) is 14.4 Å². The Morgan fingerprint density at radius 2 is 0.591 bits per heavy atom. The summed E-state index contributed by atoms with van der Waals surface area (Å²) in [5, 5.41) is 0. The topological polar surface area (TPSA) is 78.9 Å². The molecule has 0 aromatic heterocycles. The molecule has 0 aliphatic heterocycles. The van der Waals surface area contributed by atoms with Gasteiger partial charge in [0, 0.05) is 19.3 Å². The number of hydrogen-bond acceptors (Lipinski definition) is 6. The molecule has 1 unspecified atom stereocenters. The quantitative estimate of drug-likeness (QED) is 0.0262. The Kier molecular flexibility index (Phi) is 51.9. The SMILES string of the molecule is CC/C=C\C/C=C\C/C=C\C/C=C\C/C=C\C/C=C\CCCCC(=O)OCC(COC(=O)CCCCCCCCCCCCC)OC(=O)CCCCCCCCCCCCCCCCCC. The maximum absolute atomic E-state index is 12.8. The molecule has 0 fully saturated rings. The number of carbonyl (C=O) groups is 3. The van der Waals surface area contributed by atoms with E-state index in [1.807, 2.05) is 0 Å². The van der Waals surface area contributed by atoms with Crippen LogP contribution >= 0.6 is 0 Å². The second-order valence-corrected chi connectivity index (χ2v) is 18.5. The number of esters is 3. The zero-order valence-electron chi connectivity index (χ0n) is 43.4. The molecule has 1 atom stereocenters. The molecule has 0 aliphatic carbocycles. The highest BCUT2D eigenvalue weighted by atomic mass is 16.6. The molecule has 6 nitrogen and oxygen atoms in total. The fourth-order valence-electron chi connectivity index (χ4n) is 7.80. The number of unbranched alkanes of at least 4 members (excludes halogenated alkanes) is 27.